The van der Waals surface area contributed by atoms with Crippen LogP contribution in [0.1, 0.15) is 36.2 Å². The zero-order chi connectivity index (χ0) is 26.7. The number of hydrogen-bond donors (Lipinski definition) is 0. The molecule has 10 nitrogen and oxygen atoms in total. The van der Waals surface area contributed by atoms with Crippen molar-refractivity contribution in [1.29, 1.82) is 0 Å². The van der Waals surface area contributed by atoms with Crippen molar-refractivity contribution in [3.05, 3.63) is 53.6 Å². The minimum atomic E-state index is -1.03. The van der Waals surface area contributed by atoms with Gasteiger partial charge in [0, 0.05) is 14.0 Å². The molecule has 0 heterocycles. The van der Waals surface area contributed by atoms with Crippen molar-refractivity contribution in [2.45, 2.75) is 25.8 Å². The first kappa shape index (κ1) is 28.3. The van der Waals surface area contributed by atoms with Crippen LogP contribution in [0.4, 0.5) is 4.79 Å². The number of carbonyl (C=O) groups is 3. The van der Waals surface area contributed by atoms with Gasteiger partial charge in [0.1, 0.15) is 25.4 Å². The van der Waals surface area contributed by atoms with Crippen LogP contribution in [-0.2, 0) is 24.5 Å². The van der Waals surface area contributed by atoms with E-state index >= 15 is 0 Å². The van der Waals surface area contributed by atoms with Gasteiger partial charge in [-0.1, -0.05) is 37.3 Å². The molecule has 0 N–H and O–H groups in total. The van der Waals surface area contributed by atoms with E-state index in [2.05, 4.69) is 0 Å². The molecule has 1 unspecified atom stereocenters. The fraction of sp³-hybridized carbons (Fsp3) is 0.423. The molecule has 0 aliphatic carbocycles. The van der Waals surface area contributed by atoms with Crippen LogP contribution in [0.5, 0.6) is 17.2 Å². The predicted octanol–water partition coefficient (Wildman–Crippen LogP) is 3.81. The molecular weight excluding hydrogens is 470 g/mol. The van der Waals surface area contributed by atoms with Gasteiger partial charge in [-0.15, -0.1) is 0 Å². The average Bonchev–Trinajstić information content (AvgIpc) is 2.90. The smallest absolute Gasteiger partial charge is 0.410 e. The summed E-state index contributed by atoms with van der Waals surface area (Å²) in [5, 5.41) is 0. The van der Waals surface area contributed by atoms with Crippen molar-refractivity contribution in [1.82, 2.24) is 4.90 Å². The van der Waals surface area contributed by atoms with Crippen LogP contribution in [0.3, 0.4) is 0 Å². The van der Waals surface area contributed by atoms with Gasteiger partial charge in [-0.05, 0) is 24.1 Å². The average molecular weight is 504 g/mol. The molecule has 0 aliphatic rings. The number of esters is 2. The van der Waals surface area contributed by atoms with E-state index in [1.54, 1.807) is 7.05 Å². The molecule has 0 fully saturated rings. The maximum absolute atomic E-state index is 13.1. The summed E-state index contributed by atoms with van der Waals surface area (Å²) >= 11 is 0. The molecule has 2 aromatic carbocycles. The van der Waals surface area contributed by atoms with Crippen molar-refractivity contribution < 1.29 is 42.8 Å². The summed E-state index contributed by atoms with van der Waals surface area (Å²) in [6, 6.07) is 12.2. The number of benzene rings is 2. The molecule has 0 saturated heterocycles. The lowest BCUT2D eigenvalue weighted by molar-refractivity contribution is -0.142. The van der Waals surface area contributed by atoms with E-state index < -0.39 is 23.6 Å². The van der Waals surface area contributed by atoms with Crippen molar-refractivity contribution in [2.75, 3.05) is 48.2 Å². The third-order valence-corrected chi connectivity index (χ3v) is 5.77. The van der Waals surface area contributed by atoms with Crippen LogP contribution in [0, 0.1) is 0 Å². The quantitative estimate of drug-likeness (QED) is 0.243. The zero-order valence-corrected chi connectivity index (χ0v) is 21.5. The van der Waals surface area contributed by atoms with E-state index in [9.17, 15) is 14.4 Å². The zero-order valence-electron chi connectivity index (χ0n) is 21.5. The molecule has 0 aromatic heterocycles. The lowest BCUT2D eigenvalue weighted by Gasteiger charge is -2.40. The second-order valence-electron chi connectivity index (χ2n) is 7.75. The van der Waals surface area contributed by atoms with Crippen LogP contribution in [0.2, 0.25) is 0 Å². The number of likely N-dealkylation sites (N-methyl/N-ethyl adjacent to an activating group) is 1. The number of carbonyl (C=O) groups excluding carboxylic acids is 3. The number of hydrogen-bond acceptors (Lipinski definition) is 9. The van der Waals surface area contributed by atoms with E-state index in [4.69, 9.17) is 28.4 Å². The fourth-order valence-corrected chi connectivity index (χ4v) is 3.72. The van der Waals surface area contributed by atoms with Crippen molar-refractivity contribution in [3.8, 4) is 17.2 Å². The SMILES string of the molecule is CCC(COC(=O)c1cc(OC)c(OC)c(OC)c1)(c1ccccc1)N(C)C(=O)OCCOC(C)=O. The van der Waals surface area contributed by atoms with Crippen LogP contribution in [0.15, 0.2) is 42.5 Å². The number of methoxy groups -OCH3 is 3. The summed E-state index contributed by atoms with van der Waals surface area (Å²) in [4.78, 5) is 38.3. The minimum absolute atomic E-state index is 0.0600. The van der Waals surface area contributed by atoms with E-state index in [1.807, 2.05) is 37.3 Å². The Bertz CT molecular complexity index is 1020. The maximum atomic E-state index is 13.1. The summed E-state index contributed by atoms with van der Waals surface area (Å²) < 4.78 is 31.8. The van der Waals surface area contributed by atoms with E-state index in [0.29, 0.717) is 23.7 Å². The first-order valence-corrected chi connectivity index (χ1v) is 11.3. The van der Waals surface area contributed by atoms with Crippen molar-refractivity contribution >= 4 is 18.0 Å². The Kier molecular flexibility index (Phi) is 10.4. The highest BCUT2D eigenvalue weighted by atomic mass is 16.6. The van der Waals surface area contributed by atoms with Crippen molar-refractivity contribution in [3.63, 3.8) is 0 Å². The Morgan fingerprint density at radius 2 is 1.44 bits per heavy atom. The second kappa shape index (κ2) is 13.2. The lowest BCUT2D eigenvalue weighted by atomic mass is 9.86. The molecule has 196 valence electrons. The Hall–Kier alpha value is -3.95. The second-order valence-corrected chi connectivity index (χ2v) is 7.75. The van der Waals surface area contributed by atoms with E-state index in [1.165, 1.54) is 45.3 Å². The number of ether oxygens (including phenoxy) is 6. The number of nitrogens with zero attached hydrogens (tertiary/aromatic N) is 1. The van der Waals surface area contributed by atoms with Crippen LogP contribution in [0.25, 0.3) is 0 Å². The van der Waals surface area contributed by atoms with E-state index in [0.717, 1.165) is 5.56 Å². The normalized spacial score (nSPS) is 12.1. The lowest BCUT2D eigenvalue weighted by Crippen LogP contribution is -2.50. The Labute approximate surface area is 211 Å². The molecule has 0 bridgehead atoms. The Morgan fingerprint density at radius 3 is 1.94 bits per heavy atom. The van der Waals surface area contributed by atoms with Gasteiger partial charge < -0.3 is 28.4 Å². The predicted molar refractivity (Wildman–Crippen MR) is 131 cm³/mol. The number of rotatable bonds is 12. The third kappa shape index (κ3) is 6.59. The maximum Gasteiger partial charge on any atom is 0.410 e. The van der Waals surface area contributed by atoms with Gasteiger partial charge in [0.2, 0.25) is 5.75 Å². The molecule has 0 aliphatic heterocycles. The Morgan fingerprint density at radius 1 is 0.861 bits per heavy atom. The van der Waals surface area contributed by atoms with Gasteiger partial charge in [-0.3, -0.25) is 9.69 Å². The first-order chi connectivity index (χ1) is 17.2. The standard InChI is InChI=1S/C26H33NO9/c1-7-26(20-11-9-8-10-12-20,27(3)25(30)35-14-13-34-18(2)28)17-36-24(29)19-15-21(31-4)23(33-6)22(16-19)32-5/h8-12,15-16H,7,13-14,17H2,1-6H3. The van der Waals surface area contributed by atoms with Crippen LogP contribution in [-0.4, -0.2) is 71.1 Å². The summed E-state index contributed by atoms with van der Waals surface area (Å²) in [5.41, 5.74) is -0.0883. The first-order valence-electron chi connectivity index (χ1n) is 11.3. The summed E-state index contributed by atoms with van der Waals surface area (Å²) in [5.74, 6) is -0.144. The summed E-state index contributed by atoms with van der Waals surface area (Å²) in [6.45, 7) is 2.83. The molecular formula is C26H33NO9. The van der Waals surface area contributed by atoms with Gasteiger partial charge in [-0.2, -0.15) is 0 Å². The molecule has 0 spiro atoms. The van der Waals surface area contributed by atoms with Gasteiger partial charge in [0.25, 0.3) is 0 Å². The minimum Gasteiger partial charge on any atom is -0.493 e. The molecule has 2 aromatic rings. The van der Waals surface area contributed by atoms with Gasteiger partial charge in [0.05, 0.1) is 26.9 Å². The van der Waals surface area contributed by atoms with Crippen molar-refractivity contribution in [2.24, 2.45) is 0 Å². The fourth-order valence-electron chi connectivity index (χ4n) is 3.72. The molecule has 0 radical (unpaired) electrons. The highest BCUT2D eigenvalue weighted by molar-refractivity contribution is 5.91. The highest BCUT2D eigenvalue weighted by Crippen LogP contribution is 2.39. The largest absolute Gasteiger partial charge is 0.493 e. The molecule has 0 saturated carbocycles. The molecule has 36 heavy (non-hydrogen) atoms. The number of amides is 1. The third-order valence-electron chi connectivity index (χ3n) is 5.77. The molecule has 1 atom stereocenters. The van der Waals surface area contributed by atoms with E-state index in [-0.39, 0.29) is 25.4 Å². The summed E-state index contributed by atoms with van der Waals surface area (Å²) in [7, 11) is 5.94. The van der Waals surface area contributed by atoms with Gasteiger partial charge in [0.15, 0.2) is 11.5 Å². The molecule has 1 amide bonds. The molecule has 10 heteroatoms. The highest BCUT2D eigenvalue weighted by Gasteiger charge is 2.40. The topological polar surface area (TPSA) is 110 Å². The van der Waals surface area contributed by atoms with Crippen LogP contribution < -0.4 is 14.2 Å². The Balaban J connectivity index is 2.31. The van der Waals surface area contributed by atoms with Crippen LogP contribution >= 0.6 is 0 Å². The van der Waals surface area contributed by atoms with Gasteiger partial charge >= 0.3 is 18.0 Å². The summed E-state index contributed by atoms with van der Waals surface area (Å²) in [6.07, 6.45) is -0.244. The monoisotopic (exact) mass is 503 g/mol. The van der Waals surface area contributed by atoms with Gasteiger partial charge in [-0.25, -0.2) is 9.59 Å². The molecule has 2 rings (SSSR count).